The maximum atomic E-state index is 13.0. The Morgan fingerprint density at radius 2 is 2.00 bits per heavy atom. The third-order valence-corrected chi connectivity index (χ3v) is 6.62. The monoisotopic (exact) mass is 486 g/mol. The zero-order chi connectivity index (χ0) is 21.6. The van der Waals surface area contributed by atoms with Gasteiger partial charge in [-0.05, 0) is 46.1 Å². The fraction of sp³-hybridized carbons (Fsp3) is 0.200. The van der Waals surface area contributed by atoms with E-state index in [9.17, 15) is 18.0 Å². The van der Waals surface area contributed by atoms with E-state index in [0.717, 1.165) is 6.26 Å². The first-order valence-corrected chi connectivity index (χ1v) is 11.6. The number of nitrogens with zero attached hydrogens (tertiary/aromatic N) is 3. The summed E-state index contributed by atoms with van der Waals surface area (Å²) in [5, 5.41) is 11.9. The molecule has 0 fully saturated rings. The van der Waals surface area contributed by atoms with Crippen LogP contribution in [0.25, 0.3) is 0 Å². The predicted molar refractivity (Wildman–Crippen MR) is 111 cm³/mol. The lowest BCUT2D eigenvalue weighted by molar-refractivity contribution is -0.115. The van der Waals surface area contributed by atoms with Gasteiger partial charge in [-0.15, -0.1) is 0 Å². The second-order valence-corrected chi connectivity index (χ2v) is 9.90. The van der Waals surface area contributed by atoms with Crippen LogP contribution in [0.3, 0.4) is 0 Å². The summed E-state index contributed by atoms with van der Waals surface area (Å²) in [7, 11) is -3.72. The van der Waals surface area contributed by atoms with Crippen LogP contribution in [0.4, 0.5) is 10.5 Å². The minimum Gasteiger partial charge on any atom is -0.326 e. The zero-order valence-corrected chi connectivity index (χ0v) is 18.1. The number of ketones is 1. The third kappa shape index (κ3) is 3.40. The van der Waals surface area contributed by atoms with Crippen molar-refractivity contribution >= 4 is 43.3 Å². The van der Waals surface area contributed by atoms with Gasteiger partial charge in [-0.3, -0.25) is 14.7 Å². The van der Waals surface area contributed by atoms with E-state index in [0.29, 0.717) is 27.9 Å². The fourth-order valence-corrected chi connectivity index (χ4v) is 5.11. The molecule has 1 aliphatic heterocycles. The molecule has 1 aromatic carbocycles. The van der Waals surface area contributed by atoms with E-state index in [2.05, 4.69) is 26.2 Å². The Bertz CT molecular complexity index is 1280. The Morgan fingerprint density at radius 3 is 2.67 bits per heavy atom. The third-order valence-electron chi connectivity index (χ3n) is 5.03. The van der Waals surface area contributed by atoms with Crippen LogP contribution in [0.5, 0.6) is 0 Å². The number of hydrogen-bond donors (Lipinski definition) is 1. The average molecular weight is 487 g/mol. The number of amides is 2. The van der Waals surface area contributed by atoms with E-state index >= 15 is 0 Å². The van der Waals surface area contributed by atoms with E-state index < -0.39 is 21.9 Å². The van der Waals surface area contributed by atoms with Crippen molar-refractivity contribution in [3.63, 3.8) is 0 Å². The Labute approximate surface area is 181 Å². The highest BCUT2D eigenvalue weighted by atomic mass is 79.9. The second kappa shape index (κ2) is 7.34. The number of rotatable bonds is 3. The smallest absolute Gasteiger partial charge is 0.326 e. The van der Waals surface area contributed by atoms with Crippen molar-refractivity contribution < 1.29 is 18.0 Å². The molecule has 0 saturated heterocycles. The molecule has 8 nitrogen and oxygen atoms in total. The molecule has 30 heavy (non-hydrogen) atoms. The lowest BCUT2D eigenvalue weighted by Gasteiger charge is -2.34. The molecule has 1 aliphatic carbocycles. The summed E-state index contributed by atoms with van der Waals surface area (Å²) in [6, 6.07) is 6.44. The van der Waals surface area contributed by atoms with Gasteiger partial charge in [-0.25, -0.2) is 13.2 Å². The molecule has 1 aromatic heterocycles. The summed E-state index contributed by atoms with van der Waals surface area (Å²) >= 11 is 3.33. The summed E-state index contributed by atoms with van der Waals surface area (Å²) in [6.07, 6.45) is 4.70. The van der Waals surface area contributed by atoms with Gasteiger partial charge in [0.2, 0.25) is 0 Å². The van der Waals surface area contributed by atoms with Crippen molar-refractivity contribution in [2.24, 2.45) is 0 Å². The number of nitrogens with one attached hydrogen (secondary N) is 1. The van der Waals surface area contributed by atoms with Crippen LogP contribution in [0, 0.1) is 11.3 Å². The number of carbonyl (C=O) groups excluding carboxylic acids is 2. The summed E-state index contributed by atoms with van der Waals surface area (Å²) in [5.74, 6) is -0.160. The molecular formula is C20H15BrN4O4S. The number of hydrogen-bond acceptors (Lipinski definition) is 6. The van der Waals surface area contributed by atoms with E-state index in [4.69, 9.17) is 5.26 Å². The van der Waals surface area contributed by atoms with Crippen molar-refractivity contribution in [1.29, 1.82) is 5.26 Å². The normalized spacial score (nSPS) is 18.8. The molecule has 2 amide bonds. The summed E-state index contributed by atoms with van der Waals surface area (Å²) in [5.41, 5.74) is 1.81. The number of anilines is 1. The molecule has 152 valence electrons. The van der Waals surface area contributed by atoms with Gasteiger partial charge >= 0.3 is 6.03 Å². The van der Waals surface area contributed by atoms with Crippen LogP contribution in [-0.2, 0) is 14.6 Å². The molecule has 1 N–H and O–H groups in total. The van der Waals surface area contributed by atoms with Crippen molar-refractivity contribution in [3.8, 4) is 6.07 Å². The van der Waals surface area contributed by atoms with Gasteiger partial charge in [-0.2, -0.15) is 5.26 Å². The molecule has 0 saturated carbocycles. The van der Waals surface area contributed by atoms with Crippen LogP contribution < -0.4 is 10.2 Å². The molecule has 2 aliphatic rings. The molecule has 2 heterocycles. The van der Waals surface area contributed by atoms with Gasteiger partial charge < -0.3 is 5.32 Å². The largest absolute Gasteiger partial charge is 0.327 e. The number of halogens is 1. The first-order valence-electron chi connectivity index (χ1n) is 8.92. The highest BCUT2D eigenvalue weighted by Crippen LogP contribution is 2.42. The van der Waals surface area contributed by atoms with Crippen molar-refractivity contribution in [2.45, 2.75) is 23.8 Å². The van der Waals surface area contributed by atoms with Gasteiger partial charge in [-0.1, -0.05) is 6.07 Å². The minimum absolute atomic E-state index is 0.0871. The van der Waals surface area contributed by atoms with Crippen molar-refractivity contribution in [2.75, 3.05) is 11.2 Å². The number of nitriles is 1. The zero-order valence-electron chi connectivity index (χ0n) is 15.7. The van der Waals surface area contributed by atoms with E-state index in [1.54, 1.807) is 12.3 Å². The minimum atomic E-state index is -3.72. The number of carbonyl (C=O) groups is 2. The molecule has 0 radical (unpaired) electrons. The first-order chi connectivity index (χ1) is 14.2. The SMILES string of the molecule is CS(=O)(=O)c1cc(C#N)ccc1C1NC(=O)N(c2cncc(Br)c2)C2=C1C(=O)CC2. The van der Waals surface area contributed by atoms with Crippen LogP contribution in [-0.4, -0.2) is 31.5 Å². The molecule has 2 aromatic rings. The van der Waals surface area contributed by atoms with Gasteiger partial charge in [0.05, 0.1) is 34.5 Å². The van der Waals surface area contributed by atoms with Crippen LogP contribution in [0.2, 0.25) is 0 Å². The van der Waals surface area contributed by atoms with E-state index in [1.807, 2.05) is 6.07 Å². The average Bonchev–Trinajstić information content (AvgIpc) is 3.07. The number of Topliss-reactive ketones (excluding diaryl/α,β-unsaturated/α-hetero) is 1. The first kappa shape index (κ1) is 20.3. The van der Waals surface area contributed by atoms with E-state index in [-0.39, 0.29) is 28.2 Å². The van der Waals surface area contributed by atoms with Crippen LogP contribution in [0.1, 0.15) is 30.0 Å². The Balaban J connectivity index is 1.91. The van der Waals surface area contributed by atoms with Gasteiger partial charge in [0, 0.05) is 34.6 Å². The maximum absolute atomic E-state index is 13.0. The molecule has 1 atom stereocenters. The highest BCUT2D eigenvalue weighted by molar-refractivity contribution is 9.10. The molecule has 4 rings (SSSR count). The maximum Gasteiger partial charge on any atom is 0.327 e. The van der Waals surface area contributed by atoms with Gasteiger partial charge in [0.25, 0.3) is 0 Å². The summed E-state index contributed by atoms with van der Waals surface area (Å²) in [6.45, 7) is 0. The number of urea groups is 1. The van der Waals surface area contributed by atoms with Crippen molar-refractivity contribution in [3.05, 3.63) is 63.5 Å². The number of allylic oxidation sites excluding steroid dienone is 1. The van der Waals surface area contributed by atoms with Gasteiger partial charge in [0.1, 0.15) is 0 Å². The standard InChI is InChI=1S/C20H15BrN4O4S/c1-30(28,29)17-6-11(8-22)2-3-14(17)19-18-15(4-5-16(18)26)25(20(27)24-19)13-7-12(21)9-23-10-13/h2-3,6-7,9-10,19H,4-5H2,1H3,(H,24,27). The lowest BCUT2D eigenvalue weighted by atomic mass is 9.94. The Morgan fingerprint density at radius 1 is 1.23 bits per heavy atom. The van der Waals surface area contributed by atoms with Crippen LogP contribution >= 0.6 is 15.9 Å². The van der Waals surface area contributed by atoms with Gasteiger partial charge in [0.15, 0.2) is 15.6 Å². The summed E-state index contributed by atoms with van der Waals surface area (Å²) < 4.78 is 25.5. The number of sulfone groups is 1. The van der Waals surface area contributed by atoms with Crippen molar-refractivity contribution in [1.82, 2.24) is 10.3 Å². The molecule has 1 unspecified atom stereocenters. The molecule has 10 heteroatoms. The molecule has 0 spiro atoms. The Hall–Kier alpha value is -3.03. The number of pyridine rings is 1. The predicted octanol–water partition coefficient (Wildman–Crippen LogP) is 3.01. The van der Waals surface area contributed by atoms with E-state index in [1.165, 1.54) is 29.3 Å². The number of benzene rings is 1. The lowest BCUT2D eigenvalue weighted by Crippen LogP contribution is -2.47. The molecule has 0 bridgehead atoms. The molecular weight excluding hydrogens is 472 g/mol. The summed E-state index contributed by atoms with van der Waals surface area (Å²) in [4.78, 5) is 31.2. The number of aromatic nitrogens is 1. The topological polar surface area (TPSA) is 120 Å². The quantitative estimate of drug-likeness (QED) is 0.711. The second-order valence-electron chi connectivity index (χ2n) is 7.00. The fourth-order valence-electron chi connectivity index (χ4n) is 3.80. The highest BCUT2D eigenvalue weighted by Gasteiger charge is 2.42. The Kier molecular flexibility index (Phi) is 4.95. The van der Waals surface area contributed by atoms with Crippen LogP contribution in [0.15, 0.2) is 57.3 Å².